The van der Waals surface area contributed by atoms with Gasteiger partial charge < -0.3 is 15.2 Å². The second-order valence-corrected chi connectivity index (χ2v) is 3.00. The third-order valence-corrected chi connectivity index (χ3v) is 2.03. The zero-order valence-electron chi connectivity index (χ0n) is 7.57. The molecule has 1 saturated heterocycles. The first kappa shape index (κ1) is 11.6. The highest BCUT2D eigenvalue weighted by Crippen LogP contribution is 2.23. The van der Waals surface area contributed by atoms with Crippen LogP contribution in [-0.4, -0.2) is 17.8 Å². The van der Waals surface area contributed by atoms with Crippen LogP contribution < -0.4 is 5.32 Å². The number of nitrogens with one attached hydrogen (secondary N) is 1. The van der Waals surface area contributed by atoms with Gasteiger partial charge in [0.05, 0.1) is 6.04 Å². The molecule has 0 radical (unpaired) electrons. The average Bonchev–Trinajstić information content (AvgIpc) is 2.51. The quantitative estimate of drug-likeness (QED) is 0.777. The van der Waals surface area contributed by atoms with E-state index in [0.717, 1.165) is 6.07 Å². The molecule has 1 aromatic carbocycles. The lowest BCUT2D eigenvalue weighted by Gasteiger charge is -2.08. The monoisotopic (exact) mass is 233 g/mol. The van der Waals surface area contributed by atoms with Crippen LogP contribution in [0.4, 0.5) is 9.18 Å². The second kappa shape index (κ2) is 4.35. The lowest BCUT2D eigenvalue weighted by Crippen LogP contribution is -2.19. The summed E-state index contributed by atoms with van der Waals surface area (Å²) in [5, 5.41) is 11.4. The number of amides is 1. The number of aromatic hydroxyl groups is 1. The topological polar surface area (TPSA) is 58.6 Å². The number of ether oxygens (including phenoxy) is 1. The minimum atomic E-state index is -0.555. The number of hydrogen-bond donors (Lipinski definition) is 2. The number of cyclic esters (lactones) is 1. The Labute approximate surface area is 91.5 Å². The van der Waals surface area contributed by atoms with Crippen LogP contribution in [0.25, 0.3) is 0 Å². The summed E-state index contributed by atoms with van der Waals surface area (Å²) in [5.41, 5.74) is 0.314. The standard InChI is InChI=1S/C9H8FNO3.ClH/c10-7-3-5(12)1-2-6(7)8-4-14-9(13)11-8;/h1-3,8,12H,4H2,(H,11,13);1H/t8-;/m0./s1. The van der Waals surface area contributed by atoms with Crippen LogP contribution in [0.1, 0.15) is 11.6 Å². The predicted octanol–water partition coefficient (Wildman–Crippen LogP) is 1.73. The highest BCUT2D eigenvalue weighted by atomic mass is 35.5. The minimum Gasteiger partial charge on any atom is -0.508 e. The fourth-order valence-electron chi connectivity index (χ4n) is 1.35. The maximum Gasteiger partial charge on any atom is 0.407 e. The van der Waals surface area contributed by atoms with Crippen molar-refractivity contribution in [3.8, 4) is 5.75 Å². The van der Waals surface area contributed by atoms with Crippen LogP contribution in [0.15, 0.2) is 18.2 Å². The Morgan fingerprint density at radius 2 is 2.27 bits per heavy atom. The molecule has 2 N–H and O–H groups in total. The van der Waals surface area contributed by atoms with Gasteiger partial charge in [0.15, 0.2) is 0 Å². The molecule has 0 unspecified atom stereocenters. The van der Waals surface area contributed by atoms with E-state index >= 15 is 0 Å². The Morgan fingerprint density at radius 3 is 2.80 bits per heavy atom. The molecule has 1 heterocycles. The Bertz CT molecular complexity index is 386. The molecule has 15 heavy (non-hydrogen) atoms. The van der Waals surface area contributed by atoms with Crippen molar-refractivity contribution in [1.29, 1.82) is 0 Å². The first-order chi connectivity index (χ1) is 6.66. The van der Waals surface area contributed by atoms with Gasteiger partial charge in [0.1, 0.15) is 18.2 Å². The molecule has 1 fully saturated rings. The minimum absolute atomic E-state index is 0. The highest BCUT2D eigenvalue weighted by Gasteiger charge is 2.26. The largest absolute Gasteiger partial charge is 0.508 e. The van der Waals surface area contributed by atoms with Crippen LogP contribution in [0, 0.1) is 5.82 Å². The van der Waals surface area contributed by atoms with Crippen molar-refractivity contribution in [2.75, 3.05) is 6.61 Å². The summed E-state index contributed by atoms with van der Waals surface area (Å²) in [6.45, 7) is 0.112. The third-order valence-electron chi connectivity index (χ3n) is 2.03. The molecule has 6 heteroatoms. The number of carbonyl (C=O) groups is 1. The average molecular weight is 234 g/mol. The van der Waals surface area contributed by atoms with Crippen LogP contribution in [0.3, 0.4) is 0 Å². The summed E-state index contributed by atoms with van der Waals surface area (Å²) in [6.07, 6.45) is -0.553. The molecule has 4 nitrogen and oxygen atoms in total. The lowest BCUT2D eigenvalue weighted by atomic mass is 10.1. The van der Waals surface area contributed by atoms with Crippen LogP contribution >= 0.6 is 12.4 Å². The van der Waals surface area contributed by atoms with E-state index in [1.165, 1.54) is 12.1 Å². The number of phenols is 1. The third kappa shape index (κ3) is 2.30. The molecule has 1 atom stereocenters. The molecule has 82 valence electrons. The number of phenolic OH excluding ortho intramolecular Hbond substituents is 1. The van der Waals surface area contributed by atoms with Gasteiger partial charge in [-0.15, -0.1) is 12.4 Å². The first-order valence-corrected chi connectivity index (χ1v) is 4.08. The van der Waals surface area contributed by atoms with Crippen molar-refractivity contribution < 1.29 is 19.0 Å². The smallest absolute Gasteiger partial charge is 0.407 e. The molecule has 0 bridgehead atoms. The van der Waals surface area contributed by atoms with Gasteiger partial charge >= 0.3 is 6.09 Å². The highest BCUT2D eigenvalue weighted by molar-refractivity contribution is 5.85. The normalized spacial score (nSPS) is 19.0. The Morgan fingerprint density at radius 1 is 1.53 bits per heavy atom. The molecule has 0 aromatic heterocycles. The number of alkyl carbamates (subject to hydrolysis) is 1. The zero-order chi connectivity index (χ0) is 10.1. The molecular weight excluding hydrogens is 225 g/mol. The summed E-state index contributed by atoms with van der Waals surface area (Å²) in [6, 6.07) is 3.32. The Balaban J connectivity index is 0.00000112. The molecule has 2 rings (SSSR count). The Hall–Kier alpha value is -1.49. The van der Waals surface area contributed by atoms with E-state index in [2.05, 4.69) is 10.1 Å². The van der Waals surface area contributed by atoms with Crippen molar-refractivity contribution in [2.45, 2.75) is 6.04 Å². The van der Waals surface area contributed by atoms with E-state index in [1.54, 1.807) is 0 Å². The number of carbonyl (C=O) groups excluding carboxylic acids is 1. The van der Waals surface area contributed by atoms with E-state index in [4.69, 9.17) is 5.11 Å². The Kier molecular flexibility index (Phi) is 3.36. The fourth-order valence-corrected chi connectivity index (χ4v) is 1.35. The van der Waals surface area contributed by atoms with Gasteiger partial charge in [-0.3, -0.25) is 0 Å². The second-order valence-electron chi connectivity index (χ2n) is 3.00. The lowest BCUT2D eigenvalue weighted by molar-refractivity contribution is 0.176. The summed E-state index contributed by atoms with van der Waals surface area (Å²) in [7, 11) is 0. The molecular formula is C9H9ClFNO3. The van der Waals surface area contributed by atoms with Crippen LogP contribution in [0.5, 0.6) is 5.75 Å². The first-order valence-electron chi connectivity index (χ1n) is 4.08. The van der Waals surface area contributed by atoms with Gasteiger partial charge in [0, 0.05) is 11.6 Å². The number of rotatable bonds is 1. The molecule has 0 spiro atoms. The summed E-state index contributed by atoms with van der Waals surface area (Å²) in [4.78, 5) is 10.7. The van der Waals surface area contributed by atoms with Gasteiger partial charge in [-0.05, 0) is 6.07 Å². The van der Waals surface area contributed by atoms with Gasteiger partial charge in [-0.1, -0.05) is 6.07 Å². The van der Waals surface area contributed by atoms with E-state index in [1.807, 2.05) is 0 Å². The fraction of sp³-hybridized carbons (Fsp3) is 0.222. The van der Waals surface area contributed by atoms with Crippen LogP contribution in [-0.2, 0) is 4.74 Å². The molecule has 0 saturated carbocycles. The number of hydrogen-bond acceptors (Lipinski definition) is 3. The van der Waals surface area contributed by atoms with Gasteiger partial charge in [0.2, 0.25) is 0 Å². The maximum atomic E-state index is 13.3. The summed E-state index contributed by atoms with van der Waals surface area (Å²) < 4.78 is 17.9. The summed E-state index contributed by atoms with van der Waals surface area (Å²) >= 11 is 0. The molecule has 1 aromatic rings. The van der Waals surface area contributed by atoms with Crippen molar-refractivity contribution in [2.24, 2.45) is 0 Å². The summed E-state index contributed by atoms with van der Waals surface area (Å²) in [5.74, 6) is -0.697. The van der Waals surface area contributed by atoms with E-state index in [9.17, 15) is 9.18 Å². The van der Waals surface area contributed by atoms with Gasteiger partial charge in [-0.2, -0.15) is 0 Å². The molecule has 0 aliphatic carbocycles. The maximum absolute atomic E-state index is 13.3. The van der Waals surface area contributed by atoms with Crippen LogP contribution in [0.2, 0.25) is 0 Å². The predicted molar refractivity (Wildman–Crippen MR) is 52.5 cm³/mol. The number of benzene rings is 1. The number of halogens is 2. The van der Waals surface area contributed by atoms with Crippen molar-refractivity contribution in [1.82, 2.24) is 5.32 Å². The SMILES string of the molecule is Cl.O=C1N[C@H](c2ccc(O)cc2F)CO1. The van der Waals surface area contributed by atoms with Crippen molar-refractivity contribution in [3.63, 3.8) is 0 Å². The molecule has 1 aliphatic heterocycles. The molecule has 1 aliphatic rings. The van der Waals surface area contributed by atoms with E-state index < -0.39 is 18.0 Å². The van der Waals surface area contributed by atoms with E-state index in [-0.39, 0.29) is 24.8 Å². The van der Waals surface area contributed by atoms with Gasteiger partial charge in [-0.25, -0.2) is 9.18 Å². The van der Waals surface area contributed by atoms with Gasteiger partial charge in [0.25, 0.3) is 0 Å². The molecule has 1 amide bonds. The van der Waals surface area contributed by atoms with Crippen molar-refractivity contribution >= 4 is 18.5 Å². The van der Waals surface area contributed by atoms with Crippen molar-refractivity contribution in [3.05, 3.63) is 29.6 Å². The van der Waals surface area contributed by atoms with E-state index in [0.29, 0.717) is 5.56 Å². The zero-order valence-corrected chi connectivity index (χ0v) is 8.38.